The first-order chi connectivity index (χ1) is 16.4. The number of hydrogen-bond donors (Lipinski definition) is 0. The van der Waals surface area contributed by atoms with Gasteiger partial charge in [-0.25, -0.2) is 0 Å². The summed E-state index contributed by atoms with van der Waals surface area (Å²) >= 11 is 0. The molecule has 0 radical (unpaired) electrons. The van der Waals surface area contributed by atoms with Crippen LogP contribution in [-0.4, -0.2) is 63.6 Å². The van der Waals surface area contributed by atoms with Gasteiger partial charge >= 0.3 is 5.97 Å². The summed E-state index contributed by atoms with van der Waals surface area (Å²) in [6, 6.07) is 14.8. The van der Waals surface area contributed by atoms with Gasteiger partial charge in [0.1, 0.15) is 11.5 Å². The van der Waals surface area contributed by atoms with Crippen molar-refractivity contribution >= 4 is 23.5 Å². The lowest BCUT2D eigenvalue weighted by Gasteiger charge is -2.40. The van der Waals surface area contributed by atoms with Crippen LogP contribution in [-0.2, 0) is 24.5 Å². The molecule has 8 nitrogen and oxygen atoms in total. The van der Waals surface area contributed by atoms with Crippen LogP contribution in [0.3, 0.4) is 0 Å². The second-order valence-electron chi connectivity index (χ2n) is 8.71. The molecule has 0 spiro atoms. The van der Waals surface area contributed by atoms with Crippen molar-refractivity contribution in [2.24, 2.45) is 5.92 Å². The quantitative estimate of drug-likeness (QED) is 0.609. The van der Waals surface area contributed by atoms with E-state index in [4.69, 9.17) is 14.2 Å². The van der Waals surface area contributed by atoms with Gasteiger partial charge in [-0.3, -0.25) is 14.4 Å². The highest BCUT2D eigenvalue weighted by molar-refractivity contribution is 6.01. The van der Waals surface area contributed by atoms with Gasteiger partial charge in [0.2, 0.25) is 11.8 Å². The van der Waals surface area contributed by atoms with E-state index in [0.29, 0.717) is 43.1 Å². The van der Waals surface area contributed by atoms with E-state index in [-0.39, 0.29) is 30.7 Å². The van der Waals surface area contributed by atoms with Crippen LogP contribution in [0.5, 0.6) is 11.5 Å². The zero-order chi connectivity index (χ0) is 24.3. The highest BCUT2D eigenvalue weighted by Crippen LogP contribution is 2.39. The Kier molecular flexibility index (Phi) is 6.77. The zero-order valence-electron chi connectivity index (χ0n) is 19.8. The zero-order valence-corrected chi connectivity index (χ0v) is 19.8. The van der Waals surface area contributed by atoms with E-state index in [9.17, 15) is 14.4 Å². The van der Waals surface area contributed by atoms with Crippen LogP contribution in [0, 0.1) is 5.92 Å². The van der Waals surface area contributed by atoms with Crippen LogP contribution in [0.1, 0.15) is 24.8 Å². The summed E-state index contributed by atoms with van der Waals surface area (Å²) in [5, 5.41) is 0. The second-order valence-corrected chi connectivity index (χ2v) is 8.71. The highest BCUT2D eigenvalue weighted by Gasteiger charge is 2.46. The van der Waals surface area contributed by atoms with Crippen LogP contribution in [0.15, 0.2) is 48.5 Å². The molecule has 0 aromatic heterocycles. The molecule has 180 valence electrons. The molecular weight excluding hydrogens is 436 g/mol. The maximum atomic E-state index is 13.4. The third-order valence-corrected chi connectivity index (χ3v) is 6.98. The molecule has 2 aliphatic heterocycles. The van der Waals surface area contributed by atoms with Crippen molar-refractivity contribution in [2.45, 2.75) is 24.7 Å². The van der Waals surface area contributed by atoms with Gasteiger partial charge in [0.25, 0.3) is 0 Å². The van der Waals surface area contributed by atoms with E-state index in [1.54, 1.807) is 42.2 Å². The Labute approximate surface area is 199 Å². The molecule has 2 amide bonds. The Balaban J connectivity index is 1.48. The number of carbonyl (C=O) groups is 3. The largest absolute Gasteiger partial charge is 0.497 e. The fourth-order valence-corrected chi connectivity index (χ4v) is 5.04. The lowest BCUT2D eigenvalue weighted by molar-refractivity contribution is -0.152. The second kappa shape index (κ2) is 9.75. The first-order valence-corrected chi connectivity index (χ1v) is 11.4. The van der Waals surface area contributed by atoms with E-state index in [0.717, 1.165) is 5.56 Å². The van der Waals surface area contributed by atoms with Crippen LogP contribution in [0.4, 0.5) is 5.69 Å². The molecule has 0 saturated carbocycles. The molecule has 2 saturated heterocycles. The van der Waals surface area contributed by atoms with Crippen molar-refractivity contribution < 1.29 is 28.6 Å². The minimum atomic E-state index is -0.766. The monoisotopic (exact) mass is 466 g/mol. The summed E-state index contributed by atoms with van der Waals surface area (Å²) < 4.78 is 15.9. The number of hydrogen-bond acceptors (Lipinski definition) is 6. The number of ether oxygens (including phenoxy) is 3. The summed E-state index contributed by atoms with van der Waals surface area (Å²) in [6.07, 6.45) is 1.09. The van der Waals surface area contributed by atoms with Gasteiger partial charge in [0, 0.05) is 32.1 Å². The van der Waals surface area contributed by atoms with Crippen molar-refractivity contribution in [3.8, 4) is 11.5 Å². The Morgan fingerprint density at radius 1 is 0.971 bits per heavy atom. The van der Waals surface area contributed by atoms with Gasteiger partial charge in [-0.05, 0) is 30.5 Å². The van der Waals surface area contributed by atoms with Crippen molar-refractivity contribution in [3.63, 3.8) is 0 Å². The molecule has 2 heterocycles. The van der Waals surface area contributed by atoms with Crippen molar-refractivity contribution in [1.29, 1.82) is 0 Å². The fraction of sp³-hybridized carbons (Fsp3) is 0.423. The van der Waals surface area contributed by atoms with Gasteiger partial charge in [-0.15, -0.1) is 0 Å². The Bertz CT molecular complexity index is 1060. The number of benzene rings is 2. The molecule has 2 aromatic rings. The predicted molar refractivity (Wildman–Crippen MR) is 126 cm³/mol. The van der Waals surface area contributed by atoms with E-state index in [1.807, 2.05) is 30.3 Å². The lowest BCUT2D eigenvalue weighted by atomic mass is 9.72. The Hall–Kier alpha value is -3.55. The summed E-state index contributed by atoms with van der Waals surface area (Å²) in [5.41, 5.74) is 0.731. The van der Waals surface area contributed by atoms with Gasteiger partial charge in [-0.2, -0.15) is 0 Å². The maximum absolute atomic E-state index is 13.4. The van der Waals surface area contributed by atoms with Gasteiger partial charge in [0.15, 0.2) is 0 Å². The smallest absolute Gasteiger partial charge is 0.316 e. The number of nitrogens with zero attached hydrogens (tertiary/aromatic N) is 2. The van der Waals surface area contributed by atoms with Crippen LogP contribution in [0.25, 0.3) is 0 Å². The van der Waals surface area contributed by atoms with Crippen molar-refractivity contribution in [1.82, 2.24) is 4.90 Å². The molecule has 0 N–H and O–H groups in total. The number of anilines is 1. The molecule has 1 unspecified atom stereocenters. The topological polar surface area (TPSA) is 85.4 Å². The first-order valence-electron chi connectivity index (χ1n) is 11.4. The number of esters is 1. The SMILES string of the molecule is COC(=O)C1(c2ccccc2)CCN(C(=O)C2CC(=O)N(c3cc(OC)ccc3OC)C2)CC1. The number of amides is 2. The van der Waals surface area contributed by atoms with E-state index < -0.39 is 11.3 Å². The Morgan fingerprint density at radius 2 is 1.68 bits per heavy atom. The molecule has 2 aromatic carbocycles. The molecule has 34 heavy (non-hydrogen) atoms. The Morgan fingerprint density at radius 3 is 2.29 bits per heavy atom. The molecular formula is C26H30N2O6. The van der Waals surface area contributed by atoms with Crippen LogP contribution < -0.4 is 14.4 Å². The van der Waals surface area contributed by atoms with Gasteiger partial charge < -0.3 is 24.0 Å². The molecule has 8 heteroatoms. The molecule has 0 bridgehead atoms. The van der Waals surface area contributed by atoms with Gasteiger partial charge in [0.05, 0.1) is 38.3 Å². The van der Waals surface area contributed by atoms with Gasteiger partial charge in [-0.1, -0.05) is 30.3 Å². The van der Waals surface area contributed by atoms with E-state index in [1.165, 1.54) is 7.11 Å². The highest BCUT2D eigenvalue weighted by atomic mass is 16.5. The molecule has 2 fully saturated rings. The molecule has 4 rings (SSSR count). The normalized spacial score (nSPS) is 19.6. The number of rotatable bonds is 6. The average Bonchev–Trinajstić information content (AvgIpc) is 3.29. The summed E-state index contributed by atoms with van der Waals surface area (Å²) in [7, 11) is 4.50. The fourth-order valence-electron chi connectivity index (χ4n) is 5.04. The number of piperidine rings is 1. The van der Waals surface area contributed by atoms with Crippen molar-refractivity contribution in [2.75, 3.05) is 45.9 Å². The minimum Gasteiger partial charge on any atom is -0.497 e. The number of methoxy groups -OCH3 is 3. The summed E-state index contributed by atoms with van der Waals surface area (Å²) in [5.74, 6) is 0.226. The van der Waals surface area contributed by atoms with E-state index in [2.05, 4.69) is 0 Å². The predicted octanol–water partition coefficient (Wildman–Crippen LogP) is 2.79. The van der Waals surface area contributed by atoms with Crippen LogP contribution >= 0.6 is 0 Å². The molecule has 1 atom stereocenters. The lowest BCUT2D eigenvalue weighted by Crippen LogP contribution is -2.51. The third kappa shape index (κ3) is 4.20. The number of carbonyl (C=O) groups excluding carboxylic acids is 3. The van der Waals surface area contributed by atoms with E-state index >= 15 is 0 Å². The number of likely N-dealkylation sites (tertiary alicyclic amines) is 1. The summed E-state index contributed by atoms with van der Waals surface area (Å²) in [6.45, 7) is 1.13. The molecule has 0 aliphatic carbocycles. The van der Waals surface area contributed by atoms with Crippen molar-refractivity contribution in [3.05, 3.63) is 54.1 Å². The van der Waals surface area contributed by atoms with Crippen LogP contribution in [0.2, 0.25) is 0 Å². The standard InChI is InChI=1S/C26H30N2O6/c1-32-20-9-10-22(33-2)21(16-20)28-17-18(15-23(28)29)24(30)27-13-11-26(12-14-27,25(31)34-3)19-7-5-4-6-8-19/h4-10,16,18H,11-15,17H2,1-3H3. The first kappa shape index (κ1) is 23.6. The maximum Gasteiger partial charge on any atom is 0.316 e. The minimum absolute atomic E-state index is 0.0655. The average molecular weight is 467 g/mol. The molecule has 2 aliphatic rings. The summed E-state index contributed by atoms with van der Waals surface area (Å²) in [4.78, 5) is 42.4. The third-order valence-electron chi connectivity index (χ3n) is 6.98.